The number of aromatic nitrogens is 1. The molecule has 0 aliphatic carbocycles. The molecule has 172 valence electrons. The first-order chi connectivity index (χ1) is 16.2. The smallest absolute Gasteiger partial charge is 0.320 e. The van der Waals surface area contributed by atoms with Gasteiger partial charge in [0.2, 0.25) is 0 Å². The Kier molecular flexibility index (Phi) is 7.06. The van der Waals surface area contributed by atoms with Crippen molar-refractivity contribution in [1.82, 2.24) is 4.68 Å². The summed E-state index contributed by atoms with van der Waals surface area (Å²) in [6, 6.07) is 19.1. The maximum atomic E-state index is 13.1. The molecule has 7 nitrogen and oxygen atoms in total. The monoisotopic (exact) mass is 602 g/mol. The highest BCUT2D eigenvalue weighted by atomic mass is 79.9. The number of carbonyl (C=O) groups is 3. The van der Waals surface area contributed by atoms with Crippen molar-refractivity contribution in [3.05, 3.63) is 92.0 Å². The lowest BCUT2D eigenvalue weighted by atomic mass is 10.2. The molecule has 0 saturated heterocycles. The van der Waals surface area contributed by atoms with E-state index in [1.807, 2.05) is 31.2 Å². The van der Waals surface area contributed by atoms with E-state index < -0.39 is 17.7 Å². The number of anilines is 2. The average molecular weight is 605 g/mol. The number of nitrogens with one attached hydrogen (secondary N) is 3. The molecule has 0 atom stereocenters. The molecule has 0 spiro atoms. The summed E-state index contributed by atoms with van der Waals surface area (Å²) in [5.41, 5.74) is 5.02. The molecule has 3 N–H and O–H groups in total. The van der Waals surface area contributed by atoms with Gasteiger partial charge < -0.3 is 10.6 Å². The van der Waals surface area contributed by atoms with Crippen molar-refractivity contribution < 1.29 is 14.4 Å². The topological polar surface area (TPSA) is 92.2 Å². The number of fused-ring (bicyclic) bond motifs is 1. The lowest BCUT2D eigenvalue weighted by molar-refractivity contribution is -0.133. The summed E-state index contributed by atoms with van der Waals surface area (Å²) >= 11 is 12.8. The minimum absolute atomic E-state index is 0.152. The Morgan fingerprint density at radius 3 is 2.26 bits per heavy atom. The van der Waals surface area contributed by atoms with Crippen molar-refractivity contribution in [2.24, 2.45) is 0 Å². The van der Waals surface area contributed by atoms with Gasteiger partial charge in [0.15, 0.2) is 0 Å². The first-order valence-electron chi connectivity index (χ1n) is 9.98. The molecule has 4 rings (SSSR count). The highest BCUT2D eigenvalue weighted by Gasteiger charge is 2.22. The zero-order valence-electron chi connectivity index (χ0n) is 17.7. The van der Waals surface area contributed by atoms with Crippen LogP contribution in [0.2, 0.25) is 5.02 Å². The number of halogens is 3. The first kappa shape index (κ1) is 24.0. The van der Waals surface area contributed by atoms with E-state index >= 15 is 0 Å². The van der Waals surface area contributed by atoms with Gasteiger partial charge in [0, 0.05) is 20.0 Å². The Labute approximate surface area is 216 Å². The summed E-state index contributed by atoms with van der Waals surface area (Å²) < 4.78 is 2.83. The van der Waals surface area contributed by atoms with E-state index in [9.17, 15) is 14.4 Å². The SMILES string of the molecule is Cc1ccccc1NC(=O)c1cc2cc(Br)ccc2n1NC(=O)C(=O)Nc1ccc(Br)cc1Cl. The third-order valence-corrected chi connectivity index (χ3v) is 6.29. The maximum absolute atomic E-state index is 13.1. The van der Waals surface area contributed by atoms with Crippen LogP contribution in [-0.2, 0) is 9.59 Å². The molecule has 4 aromatic rings. The second-order valence-electron chi connectivity index (χ2n) is 7.36. The van der Waals surface area contributed by atoms with Crippen LogP contribution in [0.25, 0.3) is 10.9 Å². The quantitative estimate of drug-likeness (QED) is 0.246. The molecule has 1 heterocycles. The zero-order chi connectivity index (χ0) is 24.4. The van der Waals surface area contributed by atoms with Gasteiger partial charge in [-0.1, -0.05) is 61.7 Å². The molecule has 34 heavy (non-hydrogen) atoms. The van der Waals surface area contributed by atoms with Gasteiger partial charge in [-0.2, -0.15) is 0 Å². The number of aryl methyl sites for hydroxylation is 1. The molecule has 3 amide bonds. The van der Waals surface area contributed by atoms with Crippen LogP contribution in [0.4, 0.5) is 11.4 Å². The van der Waals surface area contributed by atoms with Crippen molar-refractivity contribution >= 4 is 83.5 Å². The number of para-hydroxylation sites is 1. The van der Waals surface area contributed by atoms with Gasteiger partial charge in [-0.25, -0.2) is 4.68 Å². The minimum Gasteiger partial charge on any atom is -0.320 e. The van der Waals surface area contributed by atoms with Crippen molar-refractivity contribution in [1.29, 1.82) is 0 Å². The predicted molar refractivity (Wildman–Crippen MR) is 141 cm³/mol. The fourth-order valence-corrected chi connectivity index (χ4v) is 4.39. The second kappa shape index (κ2) is 10.0. The van der Waals surface area contributed by atoms with Gasteiger partial charge in [0.05, 0.1) is 16.2 Å². The molecule has 1 aromatic heterocycles. The third kappa shape index (κ3) is 5.16. The van der Waals surface area contributed by atoms with Crippen LogP contribution in [0.5, 0.6) is 0 Å². The standard InChI is InChI=1S/C24H17Br2ClN4O3/c1-13-4-2-3-5-18(13)28-22(32)21-11-14-10-15(25)7-9-20(14)31(21)30-24(34)23(33)29-19-8-6-16(26)12-17(19)27/h2-12H,1H3,(H,28,32)(H,29,33)(H,30,34). The zero-order valence-corrected chi connectivity index (χ0v) is 21.6. The van der Waals surface area contributed by atoms with E-state index in [-0.39, 0.29) is 16.4 Å². The normalized spacial score (nSPS) is 10.7. The fraction of sp³-hybridized carbons (Fsp3) is 0.0417. The van der Waals surface area contributed by atoms with Crippen LogP contribution in [0.3, 0.4) is 0 Å². The fourth-order valence-electron chi connectivity index (χ4n) is 3.30. The van der Waals surface area contributed by atoms with Crippen LogP contribution >= 0.6 is 43.5 Å². The van der Waals surface area contributed by atoms with E-state index in [2.05, 4.69) is 47.9 Å². The van der Waals surface area contributed by atoms with Crippen LogP contribution in [0.15, 0.2) is 75.7 Å². The minimum atomic E-state index is -0.968. The largest absolute Gasteiger partial charge is 0.328 e. The summed E-state index contributed by atoms with van der Waals surface area (Å²) in [5, 5.41) is 6.29. The number of rotatable bonds is 4. The lowest BCUT2D eigenvalue weighted by Gasteiger charge is -2.14. The summed E-state index contributed by atoms with van der Waals surface area (Å²) in [6.45, 7) is 1.88. The number of hydrogen-bond donors (Lipinski definition) is 3. The first-order valence-corrected chi connectivity index (χ1v) is 11.9. The van der Waals surface area contributed by atoms with Crippen molar-refractivity contribution in [2.75, 3.05) is 16.1 Å². The van der Waals surface area contributed by atoms with Crippen LogP contribution in [-0.4, -0.2) is 22.4 Å². The number of amides is 3. The molecule has 0 saturated carbocycles. The van der Waals surface area contributed by atoms with Crippen LogP contribution < -0.4 is 16.1 Å². The van der Waals surface area contributed by atoms with Gasteiger partial charge in [0.1, 0.15) is 5.69 Å². The van der Waals surface area contributed by atoms with Crippen LogP contribution in [0.1, 0.15) is 16.1 Å². The maximum Gasteiger partial charge on any atom is 0.328 e. The molecule has 0 bridgehead atoms. The summed E-state index contributed by atoms with van der Waals surface area (Å²) in [4.78, 5) is 38.5. The Morgan fingerprint density at radius 1 is 0.824 bits per heavy atom. The molecule has 0 unspecified atom stereocenters. The molecule has 0 fully saturated rings. The van der Waals surface area contributed by atoms with Gasteiger partial charge in [-0.05, 0) is 61.0 Å². The van der Waals surface area contributed by atoms with Crippen LogP contribution in [0, 0.1) is 6.92 Å². The van der Waals surface area contributed by atoms with Gasteiger partial charge in [0.25, 0.3) is 5.91 Å². The highest BCUT2D eigenvalue weighted by molar-refractivity contribution is 9.10. The third-order valence-electron chi connectivity index (χ3n) is 4.99. The van der Waals surface area contributed by atoms with Gasteiger partial charge in [-0.15, -0.1) is 0 Å². The molecular weight excluding hydrogens is 588 g/mol. The Morgan fingerprint density at radius 2 is 1.53 bits per heavy atom. The number of hydrogen-bond acceptors (Lipinski definition) is 3. The van der Waals surface area contributed by atoms with E-state index in [4.69, 9.17) is 11.6 Å². The Balaban J connectivity index is 1.64. The van der Waals surface area contributed by atoms with E-state index in [1.54, 1.807) is 42.5 Å². The Bertz CT molecular complexity index is 1450. The molecule has 3 aromatic carbocycles. The lowest BCUT2D eigenvalue weighted by Crippen LogP contribution is -2.36. The summed E-state index contributed by atoms with van der Waals surface area (Å²) in [6.07, 6.45) is 0. The summed E-state index contributed by atoms with van der Waals surface area (Å²) in [5.74, 6) is -2.35. The van der Waals surface area contributed by atoms with Gasteiger partial charge in [-0.3, -0.25) is 19.8 Å². The van der Waals surface area contributed by atoms with Crippen molar-refractivity contribution in [3.63, 3.8) is 0 Å². The molecular formula is C24H17Br2ClN4O3. The molecule has 0 aliphatic rings. The van der Waals surface area contributed by atoms with E-state index in [0.29, 0.717) is 16.6 Å². The Hall–Kier alpha value is -3.14. The number of carbonyl (C=O) groups excluding carboxylic acids is 3. The number of benzene rings is 3. The molecule has 10 heteroatoms. The predicted octanol–water partition coefficient (Wildman–Crippen LogP) is 6.09. The van der Waals surface area contributed by atoms with E-state index in [1.165, 1.54) is 4.68 Å². The van der Waals surface area contributed by atoms with Crippen molar-refractivity contribution in [2.45, 2.75) is 6.92 Å². The highest BCUT2D eigenvalue weighted by Crippen LogP contribution is 2.26. The molecule has 0 radical (unpaired) electrons. The summed E-state index contributed by atoms with van der Waals surface area (Å²) in [7, 11) is 0. The van der Waals surface area contributed by atoms with Crippen molar-refractivity contribution in [3.8, 4) is 0 Å². The van der Waals surface area contributed by atoms with E-state index in [0.717, 1.165) is 14.5 Å². The van der Waals surface area contributed by atoms with Gasteiger partial charge >= 0.3 is 11.8 Å². The number of nitrogens with zero attached hydrogens (tertiary/aromatic N) is 1. The molecule has 0 aliphatic heterocycles. The second-order valence-corrected chi connectivity index (χ2v) is 9.59. The average Bonchev–Trinajstić information content (AvgIpc) is 3.14.